The van der Waals surface area contributed by atoms with E-state index in [1.165, 1.54) is 18.4 Å². The van der Waals surface area contributed by atoms with E-state index in [1.807, 2.05) is 12.1 Å². The molecule has 3 heteroatoms. The van der Waals surface area contributed by atoms with Gasteiger partial charge in [0.25, 0.3) is 0 Å². The van der Waals surface area contributed by atoms with Gasteiger partial charge >= 0.3 is 0 Å². The lowest BCUT2D eigenvalue weighted by Gasteiger charge is -2.37. The SMILES string of the molecule is Cc1ccc(C(N)=S)c(OC2CC(C)CCC2C(C)C)c1. The number of hydrogen-bond donors (Lipinski definition) is 1. The van der Waals surface area contributed by atoms with E-state index >= 15 is 0 Å². The molecule has 1 aromatic rings. The van der Waals surface area contributed by atoms with Crippen LogP contribution in [0.5, 0.6) is 5.75 Å². The maximum Gasteiger partial charge on any atom is 0.130 e. The van der Waals surface area contributed by atoms with Gasteiger partial charge in [0.15, 0.2) is 0 Å². The minimum atomic E-state index is 0.267. The monoisotopic (exact) mass is 305 g/mol. The van der Waals surface area contributed by atoms with Gasteiger partial charge in [-0.3, -0.25) is 0 Å². The summed E-state index contributed by atoms with van der Waals surface area (Å²) >= 11 is 5.16. The van der Waals surface area contributed by atoms with Crippen molar-refractivity contribution < 1.29 is 4.74 Å². The van der Waals surface area contributed by atoms with Gasteiger partial charge in [-0.1, -0.05) is 45.5 Å². The maximum atomic E-state index is 6.41. The first-order chi connectivity index (χ1) is 9.88. The Hall–Kier alpha value is -1.09. The first-order valence-corrected chi connectivity index (χ1v) is 8.36. The highest BCUT2D eigenvalue weighted by Crippen LogP contribution is 2.36. The van der Waals surface area contributed by atoms with Crippen LogP contribution in [0.4, 0.5) is 0 Å². The number of aryl methyl sites for hydroxylation is 1. The van der Waals surface area contributed by atoms with Crippen LogP contribution in [-0.2, 0) is 0 Å². The molecule has 0 bridgehead atoms. The molecule has 0 heterocycles. The first kappa shape index (κ1) is 16.3. The van der Waals surface area contributed by atoms with E-state index in [9.17, 15) is 0 Å². The van der Waals surface area contributed by atoms with Gasteiger partial charge in [0.05, 0.1) is 5.56 Å². The molecule has 0 radical (unpaired) electrons. The number of ether oxygens (including phenoxy) is 1. The zero-order valence-electron chi connectivity index (χ0n) is 13.6. The third kappa shape index (κ3) is 3.97. The maximum absolute atomic E-state index is 6.41. The molecule has 1 aliphatic rings. The van der Waals surface area contributed by atoms with Crippen LogP contribution in [0.3, 0.4) is 0 Å². The molecule has 3 unspecified atom stereocenters. The second-order valence-electron chi connectivity index (χ2n) is 6.85. The predicted molar refractivity (Wildman–Crippen MR) is 92.8 cm³/mol. The van der Waals surface area contributed by atoms with Gasteiger partial charge < -0.3 is 10.5 Å². The first-order valence-electron chi connectivity index (χ1n) is 7.95. The molecule has 2 N–H and O–H groups in total. The number of rotatable bonds is 4. The van der Waals surface area contributed by atoms with Gasteiger partial charge in [-0.15, -0.1) is 0 Å². The number of benzene rings is 1. The molecule has 1 fully saturated rings. The molecular formula is C18H27NOS. The fourth-order valence-electron chi connectivity index (χ4n) is 3.34. The molecule has 0 aliphatic heterocycles. The molecule has 2 nitrogen and oxygen atoms in total. The second kappa shape index (κ2) is 6.78. The van der Waals surface area contributed by atoms with Crippen molar-refractivity contribution in [3.05, 3.63) is 29.3 Å². The molecule has 1 aliphatic carbocycles. The molecule has 0 amide bonds. The average Bonchev–Trinajstić information content (AvgIpc) is 2.38. The van der Waals surface area contributed by atoms with E-state index in [1.54, 1.807) is 0 Å². The number of thiocarbonyl (C=S) groups is 1. The average molecular weight is 305 g/mol. The number of hydrogen-bond acceptors (Lipinski definition) is 2. The van der Waals surface area contributed by atoms with Crippen LogP contribution in [0.2, 0.25) is 0 Å². The smallest absolute Gasteiger partial charge is 0.130 e. The molecule has 21 heavy (non-hydrogen) atoms. The summed E-state index contributed by atoms with van der Waals surface area (Å²) < 4.78 is 6.41. The van der Waals surface area contributed by atoms with Crippen LogP contribution in [0.1, 0.15) is 51.2 Å². The van der Waals surface area contributed by atoms with Gasteiger partial charge in [-0.05, 0) is 55.2 Å². The van der Waals surface area contributed by atoms with Crippen molar-refractivity contribution in [1.29, 1.82) is 0 Å². The van der Waals surface area contributed by atoms with Gasteiger partial charge in [0.2, 0.25) is 0 Å². The van der Waals surface area contributed by atoms with Gasteiger partial charge in [0.1, 0.15) is 16.8 Å². The molecule has 0 spiro atoms. The van der Waals surface area contributed by atoms with E-state index in [0.29, 0.717) is 16.8 Å². The second-order valence-corrected chi connectivity index (χ2v) is 7.29. The largest absolute Gasteiger partial charge is 0.489 e. The molecular weight excluding hydrogens is 278 g/mol. The van der Waals surface area contributed by atoms with Crippen LogP contribution >= 0.6 is 12.2 Å². The van der Waals surface area contributed by atoms with Crippen LogP contribution in [0.15, 0.2) is 18.2 Å². The highest BCUT2D eigenvalue weighted by atomic mass is 32.1. The molecule has 1 saturated carbocycles. The Morgan fingerprint density at radius 1 is 1.33 bits per heavy atom. The summed E-state index contributed by atoms with van der Waals surface area (Å²) in [6.45, 7) is 8.97. The highest BCUT2D eigenvalue weighted by Gasteiger charge is 2.32. The van der Waals surface area contributed by atoms with Gasteiger partial charge in [0, 0.05) is 0 Å². The van der Waals surface area contributed by atoms with E-state index in [-0.39, 0.29) is 6.10 Å². The fraction of sp³-hybridized carbons (Fsp3) is 0.611. The highest BCUT2D eigenvalue weighted by molar-refractivity contribution is 7.80. The lowest BCUT2D eigenvalue weighted by Crippen LogP contribution is -2.36. The summed E-state index contributed by atoms with van der Waals surface area (Å²) in [5, 5.41) is 0. The zero-order valence-corrected chi connectivity index (χ0v) is 14.4. The summed E-state index contributed by atoms with van der Waals surface area (Å²) in [5.74, 6) is 2.83. The van der Waals surface area contributed by atoms with Gasteiger partial charge in [-0.25, -0.2) is 0 Å². The molecule has 1 aromatic carbocycles. The Labute approximate surface area is 134 Å². The van der Waals surface area contributed by atoms with E-state index in [0.717, 1.165) is 23.7 Å². The Kier molecular flexibility index (Phi) is 5.26. The summed E-state index contributed by atoms with van der Waals surface area (Å²) in [6.07, 6.45) is 3.94. The van der Waals surface area contributed by atoms with Crippen molar-refractivity contribution in [2.45, 2.75) is 53.1 Å². The fourth-order valence-corrected chi connectivity index (χ4v) is 3.51. The molecule has 2 rings (SSSR count). The van der Waals surface area contributed by atoms with Gasteiger partial charge in [-0.2, -0.15) is 0 Å². The molecule has 3 atom stereocenters. The summed E-state index contributed by atoms with van der Waals surface area (Å²) in [4.78, 5) is 0.412. The zero-order chi connectivity index (χ0) is 15.6. The van der Waals surface area contributed by atoms with Crippen molar-refractivity contribution >= 4 is 17.2 Å². The standard InChI is InChI=1S/C18H27NOS/c1-11(2)14-7-5-12(3)9-16(14)20-17-10-13(4)6-8-15(17)18(19)21/h6,8,10-12,14,16H,5,7,9H2,1-4H3,(H2,19,21). The Bertz CT molecular complexity index is 512. The predicted octanol–water partition coefficient (Wildman–Crippen LogP) is 4.47. The molecule has 0 aromatic heterocycles. The summed E-state index contributed by atoms with van der Waals surface area (Å²) in [6, 6.07) is 6.07. The third-order valence-corrected chi connectivity index (χ3v) is 4.86. The van der Waals surface area contributed by atoms with Crippen molar-refractivity contribution in [2.24, 2.45) is 23.5 Å². The summed E-state index contributed by atoms with van der Waals surface area (Å²) in [7, 11) is 0. The van der Waals surface area contributed by atoms with Crippen LogP contribution in [0.25, 0.3) is 0 Å². The lowest BCUT2D eigenvalue weighted by atomic mass is 9.75. The van der Waals surface area contributed by atoms with Crippen LogP contribution in [0, 0.1) is 24.7 Å². The lowest BCUT2D eigenvalue weighted by molar-refractivity contribution is 0.0459. The Morgan fingerprint density at radius 2 is 2.05 bits per heavy atom. The van der Waals surface area contributed by atoms with Crippen molar-refractivity contribution in [2.75, 3.05) is 0 Å². The van der Waals surface area contributed by atoms with Crippen LogP contribution in [-0.4, -0.2) is 11.1 Å². The quantitative estimate of drug-likeness (QED) is 0.834. The van der Waals surface area contributed by atoms with Crippen molar-refractivity contribution in [1.82, 2.24) is 0 Å². The summed E-state index contributed by atoms with van der Waals surface area (Å²) in [5.41, 5.74) is 7.88. The minimum absolute atomic E-state index is 0.267. The normalized spacial score (nSPS) is 25.9. The van der Waals surface area contributed by atoms with Crippen LogP contribution < -0.4 is 10.5 Å². The minimum Gasteiger partial charge on any atom is -0.489 e. The van der Waals surface area contributed by atoms with E-state index in [4.69, 9.17) is 22.7 Å². The van der Waals surface area contributed by atoms with E-state index in [2.05, 4.69) is 33.8 Å². The Morgan fingerprint density at radius 3 is 2.67 bits per heavy atom. The van der Waals surface area contributed by atoms with E-state index < -0.39 is 0 Å². The number of nitrogens with two attached hydrogens (primary N) is 1. The van der Waals surface area contributed by atoms with Crippen molar-refractivity contribution in [3.8, 4) is 5.75 Å². The topological polar surface area (TPSA) is 35.2 Å². The molecule has 0 saturated heterocycles. The van der Waals surface area contributed by atoms with Crippen molar-refractivity contribution in [3.63, 3.8) is 0 Å². The third-order valence-electron chi connectivity index (χ3n) is 4.64. The Balaban J connectivity index is 2.26. The molecule has 116 valence electrons.